The van der Waals surface area contributed by atoms with Crippen molar-refractivity contribution in [2.24, 2.45) is 0 Å². The number of halogens is 3. The van der Waals surface area contributed by atoms with Crippen molar-refractivity contribution in [2.75, 3.05) is 23.3 Å². The first-order valence-corrected chi connectivity index (χ1v) is 12.3. The summed E-state index contributed by atoms with van der Waals surface area (Å²) in [5.74, 6) is -1.71. The molecule has 2 aliphatic rings. The summed E-state index contributed by atoms with van der Waals surface area (Å²) in [6.07, 6.45) is -0.934. The van der Waals surface area contributed by atoms with Crippen LogP contribution in [0.3, 0.4) is 0 Å². The molecule has 7 nitrogen and oxygen atoms in total. The van der Waals surface area contributed by atoms with E-state index in [0.29, 0.717) is 6.04 Å². The fourth-order valence-electron chi connectivity index (χ4n) is 4.66. The molecule has 10 heteroatoms. The molecule has 2 aliphatic heterocycles. The van der Waals surface area contributed by atoms with Crippen LogP contribution >= 0.6 is 0 Å². The highest BCUT2D eigenvalue weighted by molar-refractivity contribution is 5.73. The second-order valence-electron chi connectivity index (χ2n) is 9.29. The topological polar surface area (TPSA) is 92.5 Å². The van der Waals surface area contributed by atoms with Gasteiger partial charge in [0.05, 0.1) is 11.6 Å². The molecule has 0 amide bonds. The van der Waals surface area contributed by atoms with Crippen LogP contribution in [-0.4, -0.2) is 46.3 Å². The van der Waals surface area contributed by atoms with Crippen molar-refractivity contribution in [3.05, 3.63) is 89.1 Å². The number of likely N-dealkylation sites (tertiary alicyclic amines) is 1. The minimum atomic E-state index is -5.08. The summed E-state index contributed by atoms with van der Waals surface area (Å²) < 4.78 is 31.7. The second-order valence-corrected chi connectivity index (χ2v) is 9.29. The van der Waals surface area contributed by atoms with Gasteiger partial charge in [-0.15, -0.1) is 0 Å². The largest absolute Gasteiger partial charge is 0.490 e. The van der Waals surface area contributed by atoms with E-state index in [-0.39, 0.29) is 0 Å². The van der Waals surface area contributed by atoms with Gasteiger partial charge in [-0.1, -0.05) is 30.3 Å². The number of benzene rings is 2. The molecule has 1 saturated heterocycles. The number of hydrogen-bond donors (Lipinski definition) is 2. The Morgan fingerprint density at radius 3 is 2.37 bits per heavy atom. The number of piperidine rings is 1. The fraction of sp³-hybridized carbons (Fsp3) is 0.321. The third-order valence-electron chi connectivity index (χ3n) is 6.64. The third-order valence-corrected chi connectivity index (χ3v) is 6.64. The van der Waals surface area contributed by atoms with E-state index in [1.165, 1.54) is 22.4 Å². The lowest BCUT2D eigenvalue weighted by Crippen LogP contribution is -2.38. The molecule has 0 aliphatic carbocycles. The molecule has 198 valence electrons. The third kappa shape index (κ3) is 7.01. The normalized spacial score (nSPS) is 15.7. The summed E-state index contributed by atoms with van der Waals surface area (Å²) in [6, 6.07) is 23.4. The lowest BCUT2D eigenvalue weighted by molar-refractivity contribution is -0.192. The molecule has 0 unspecified atom stereocenters. The number of rotatable bonds is 5. The first-order valence-electron chi connectivity index (χ1n) is 12.3. The zero-order valence-corrected chi connectivity index (χ0v) is 20.7. The van der Waals surface area contributed by atoms with Crippen LogP contribution in [-0.2, 0) is 24.4 Å². The highest BCUT2D eigenvalue weighted by Gasteiger charge is 2.38. The predicted octanol–water partition coefficient (Wildman–Crippen LogP) is 5.18. The Morgan fingerprint density at radius 1 is 1.05 bits per heavy atom. The maximum Gasteiger partial charge on any atom is 0.490 e. The van der Waals surface area contributed by atoms with Crippen LogP contribution in [0, 0.1) is 11.3 Å². The second kappa shape index (κ2) is 12.0. The molecule has 2 aromatic carbocycles. The zero-order valence-electron chi connectivity index (χ0n) is 20.7. The van der Waals surface area contributed by atoms with Gasteiger partial charge in [-0.3, -0.25) is 4.90 Å². The van der Waals surface area contributed by atoms with Crippen LogP contribution in [0.2, 0.25) is 0 Å². The van der Waals surface area contributed by atoms with Gasteiger partial charge < -0.3 is 15.3 Å². The van der Waals surface area contributed by atoms with Crippen LogP contribution in [0.25, 0.3) is 0 Å². The Morgan fingerprint density at radius 2 is 1.76 bits per heavy atom. The van der Waals surface area contributed by atoms with Crippen molar-refractivity contribution in [3.63, 3.8) is 0 Å². The molecule has 0 radical (unpaired) electrons. The van der Waals surface area contributed by atoms with Crippen LogP contribution in [0.4, 0.5) is 24.7 Å². The smallest absolute Gasteiger partial charge is 0.475 e. The van der Waals surface area contributed by atoms with E-state index in [0.717, 1.165) is 56.9 Å². The molecule has 0 bridgehead atoms. The highest BCUT2D eigenvalue weighted by atomic mass is 19.4. The summed E-state index contributed by atoms with van der Waals surface area (Å²) in [4.78, 5) is 18.3. The summed E-state index contributed by atoms with van der Waals surface area (Å²) in [6.45, 7) is 4.97. The first-order chi connectivity index (χ1) is 18.2. The molecular weight excluding hydrogens is 495 g/mol. The van der Waals surface area contributed by atoms with E-state index >= 15 is 0 Å². The number of hydrogen-bond acceptors (Lipinski definition) is 6. The van der Waals surface area contributed by atoms with Crippen molar-refractivity contribution in [3.8, 4) is 6.07 Å². The SMILES string of the molecule is N#Cc1ccc(CN2CCC(Nc3cccc4c3CN(c3ccccn3)C4)CC2)cc1.O=C(O)C(F)(F)F. The molecule has 1 aromatic heterocycles. The lowest BCUT2D eigenvalue weighted by Gasteiger charge is -2.33. The Bertz CT molecular complexity index is 1270. The van der Waals surface area contributed by atoms with Crippen molar-refractivity contribution in [1.82, 2.24) is 9.88 Å². The van der Waals surface area contributed by atoms with Crippen LogP contribution in [0.5, 0.6) is 0 Å². The molecule has 0 saturated carbocycles. The number of pyridine rings is 1. The number of carboxylic acids is 1. The standard InChI is InChI=1S/C26H27N5.C2HF3O2/c27-16-20-7-9-21(10-8-20)17-30-14-11-23(12-15-30)29-25-5-3-4-22-18-31(19-24(22)25)26-6-1-2-13-28-26;3-2(4,5)1(6)7/h1-10,13,23,29H,11-12,14-15,17-19H2;(H,6,7). The molecule has 1 fully saturated rings. The van der Waals surface area contributed by atoms with Gasteiger partial charge in [0.25, 0.3) is 0 Å². The van der Waals surface area contributed by atoms with Crippen LogP contribution < -0.4 is 10.2 Å². The molecule has 2 N–H and O–H groups in total. The van der Waals surface area contributed by atoms with Crippen LogP contribution in [0.1, 0.15) is 35.1 Å². The summed E-state index contributed by atoms with van der Waals surface area (Å²) in [7, 11) is 0. The predicted molar refractivity (Wildman–Crippen MR) is 137 cm³/mol. The quantitative estimate of drug-likeness (QED) is 0.476. The van der Waals surface area contributed by atoms with E-state index in [2.05, 4.69) is 68.6 Å². The molecule has 0 atom stereocenters. The lowest BCUT2D eigenvalue weighted by atomic mass is 10.0. The Hall–Kier alpha value is -4.10. The van der Waals surface area contributed by atoms with E-state index in [4.69, 9.17) is 15.2 Å². The molecule has 5 rings (SSSR count). The van der Waals surface area contributed by atoms with E-state index in [1.54, 1.807) is 0 Å². The molecule has 38 heavy (non-hydrogen) atoms. The van der Waals surface area contributed by atoms with Gasteiger partial charge in [0, 0.05) is 50.6 Å². The number of aliphatic carboxylic acids is 1. The number of anilines is 2. The molecule has 3 heterocycles. The maximum absolute atomic E-state index is 10.6. The fourth-order valence-corrected chi connectivity index (χ4v) is 4.66. The number of nitriles is 1. The number of carboxylic acid groups (broad SMARTS) is 1. The van der Waals surface area contributed by atoms with Gasteiger partial charge in [-0.2, -0.15) is 18.4 Å². The van der Waals surface area contributed by atoms with Gasteiger partial charge in [-0.05, 0) is 59.9 Å². The van der Waals surface area contributed by atoms with Gasteiger partial charge in [0.2, 0.25) is 0 Å². The van der Waals surface area contributed by atoms with Gasteiger partial charge >= 0.3 is 12.1 Å². The summed E-state index contributed by atoms with van der Waals surface area (Å²) in [5.41, 5.74) is 6.09. The molecule has 0 spiro atoms. The van der Waals surface area contributed by atoms with Crippen molar-refractivity contribution >= 4 is 17.5 Å². The summed E-state index contributed by atoms with van der Waals surface area (Å²) >= 11 is 0. The first kappa shape index (κ1) is 26.9. The van der Waals surface area contributed by atoms with Gasteiger partial charge in [-0.25, -0.2) is 9.78 Å². The number of nitrogens with one attached hydrogen (secondary N) is 1. The average Bonchev–Trinajstić information content (AvgIpc) is 3.36. The number of carbonyl (C=O) groups is 1. The van der Waals surface area contributed by atoms with E-state index in [9.17, 15) is 13.2 Å². The Balaban J connectivity index is 0.000000426. The van der Waals surface area contributed by atoms with E-state index in [1.807, 2.05) is 24.4 Å². The van der Waals surface area contributed by atoms with Crippen molar-refractivity contribution in [2.45, 2.75) is 44.7 Å². The average molecular weight is 524 g/mol. The minimum Gasteiger partial charge on any atom is -0.475 e. The van der Waals surface area contributed by atoms with E-state index < -0.39 is 12.1 Å². The monoisotopic (exact) mass is 523 g/mol. The Kier molecular flexibility index (Phi) is 8.48. The summed E-state index contributed by atoms with van der Waals surface area (Å²) in [5, 5.41) is 19.9. The number of aromatic nitrogens is 1. The molecular formula is C28H28F3N5O2. The number of alkyl halides is 3. The van der Waals surface area contributed by atoms with Crippen LogP contribution in [0.15, 0.2) is 66.9 Å². The highest BCUT2D eigenvalue weighted by Crippen LogP contribution is 2.33. The Labute approximate surface area is 219 Å². The minimum absolute atomic E-state index is 0.507. The number of fused-ring (bicyclic) bond motifs is 1. The van der Waals surface area contributed by atoms with Gasteiger partial charge in [0.1, 0.15) is 5.82 Å². The number of nitrogens with zero attached hydrogens (tertiary/aromatic N) is 4. The molecule has 3 aromatic rings. The maximum atomic E-state index is 10.6. The zero-order chi connectivity index (χ0) is 27.1. The van der Waals surface area contributed by atoms with Gasteiger partial charge in [0.15, 0.2) is 0 Å². The van der Waals surface area contributed by atoms with Crippen molar-refractivity contribution in [1.29, 1.82) is 5.26 Å². The van der Waals surface area contributed by atoms with Crippen molar-refractivity contribution < 1.29 is 23.1 Å².